The standard InChI is InChI=1S/C11H13NS/c1-8-4-5-9(2)11(6-8)13-10(3)7-12/h4-6,10H,1-3H3. The maximum absolute atomic E-state index is 8.69. The van der Waals surface area contributed by atoms with Crippen molar-refractivity contribution in [2.75, 3.05) is 0 Å². The molecule has 0 bridgehead atoms. The van der Waals surface area contributed by atoms with Crippen molar-refractivity contribution in [3.63, 3.8) is 0 Å². The van der Waals surface area contributed by atoms with Gasteiger partial charge in [0.15, 0.2) is 0 Å². The SMILES string of the molecule is Cc1ccc(C)c(SC(C)C#N)c1. The molecule has 1 unspecified atom stereocenters. The number of thioether (sulfide) groups is 1. The van der Waals surface area contributed by atoms with Crippen LogP contribution >= 0.6 is 11.8 Å². The third-order valence-electron chi connectivity index (χ3n) is 1.83. The number of nitriles is 1. The Morgan fingerprint density at radius 2 is 2.08 bits per heavy atom. The molecule has 0 aromatic heterocycles. The average Bonchev–Trinajstić information content (AvgIpc) is 2.11. The van der Waals surface area contributed by atoms with Crippen molar-refractivity contribution in [2.24, 2.45) is 0 Å². The normalized spacial score (nSPS) is 12.2. The fraction of sp³-hybridized carbons (Fsp3) is 0.364. The summed E-state index contributed by atoms with van der Waals surface area (Å²) in [6.07, 6.45) is 0. The lowest BCUT2D eigenvalue weighted by Crippen LogP contribution is -1.91. The number of hydrogen-bond donors (Lipinski definition) is 0. The summed E-state index contributed by atoms with van der Waals surface area (Å²) < 4.78 is 0. The molecule has 1 nitrogen and oxygen atoms in total. The van der Waals surface area contributed by atoms with Crippen molar-refractivity contribution in [3.05, 3.63) is 29.3 Å². The second-order valence-electron chi connectivity index (χ2n) is 3.16. The van der Waals surface area contributed by atoms with Gasteiger partial charge < -0.3 is 0 Å². The molecule has 1 atom stereocenters. The van der Waals surface area contributed by atoms with Crippen molar-refractivity contribution in [2.45, 2.75) is 30.9 Å². The molecule has 0 heterocycles. The minimum absolute atomic E-state index is 0.0282. The highest BCUT2D eigenvalue weighted by Gasteiger charge is 2.04. The Morgan fingerprint density at radius 1 is 1.38 bits per heavy atom. The van der Waals surface area contributed by atoms with Crippen molar-refractivity contribution >= 4 is 11.8 Å². The van der Waals surface area contributed by atoms with Gasteiger partial charge in [0.1, 0.15) is 0 Å². The van der Waals surface area contributed by atoms with Crippen LogP contribution < -0.4 is 0 Å². The van der Waals surface area contributed by atoms with E-state index in [0.29, 0.717) is 0 Å². The second-order valence-corrected chi connectivity index (χ2v) is 4.54. The highest BCUT2D eigenvalue weighted by molar-refractivity contribution is 8.00. The first-order valence-corrected chi connectivity index (χ1v) is 5.15. The fourth-order valence-electron chi connectivity index (χ4n) is 1.05. The Kier molecular flexibility index (Phi) is 3.39. The number of rotatable bonds is 2. The monoisotopic (exact) mass is 191 g/mol. The molecule has 2 heteroatoms. The topological polar surface area (TPSA) is 23.8 Å². The van der Waals surface area contributed by atoms with Crippen molar-refractivity contribution in [1.82, 2.24) is 0 Å². The molecule has 1 aromatic rings. The quantitative estimate of drug-likeness (QED) is 0.670. The van der Waals surface area contributed by atoms with E-state index >= 15 is 0 Å². The van der Waals surface area contributed by atoms with Crippen LogP contribution in [-0.2, 0) is 0 Å². The molecule has 68 valence electrons. The molecular formula is C11H13NS. The highest BCUT2D eigenvalue weighted by Crippen LogP contribution is 2.26. The van der Waals surface area contributed by atoms with E-state index < -0.39 is 0 Å². The van der Waals surface area contributed by atoms with Gasteiger partial charge in [-0.3, -0.25) is 0 Å². The number of nitrogens with zero attached hydrogens (tertiary/aromatic N) is 1. The summed E-state index contributed by atoms with van der Waals surface area (Å²) in [6.45, 7) is 6.07. The van der Waals surface area contributed by atoms with Gasteiger partial charge in [0.25, 0.3) is 0 Å². The van der Waals surface area contributed by atoms with Gasteiger partial charge in [-0.15, -0.1) is 11.8 Å². The molecule has 0 N–H and O–H groups in total. The second kappa shape index (κ2) is 4.34. The first-order valence-electron chi connectivity index (χ1n) is 4.27. The third kappa shape index (κ3) is 2.78. The summed E-state index contributed by atoms with van der Waals surface area (Å²) in [7, 11) is 0. The summed E-state index contributed by atoms with van der Waals surface area (Å²) in [4.78, 5) is 1.22. The number of hydrogen-bond acceptors (Lipinski definition) is 2. The Bertz CT molecular complexity index is 338. The molecule has 0 radical (unpaired) electrons. The van der Waals surface area contributed by atoms with Crippen LogP contribution in [0, 0.1) is 25.2 Å². The predicted octanol–water partition coefficient (Wildman–Crippen LogP) is 3.31. The van der Waals surface area contributed by atoms with Gasteiger partial charge in [-0.25, -0.2) is 0 Å². The van der Waals surface area contributed by atoms with E-state index in [2.05, 4.69) is 38.1 Å². The Hall–Kier alpha value is -0.940. The van der Waals surface area contributed by atoms with Crippen LogP contribution in [-0.4, -0.2) is 5.25 Å². The van der Waals surface area contributed by atoms with E-state index in [-0.39, 0.29) is 5.25 Å². The van der Waals surface area contributed by atoms with Crippen molar-refractivity contribution < 1.29 is 0 Å². The molecule has 0 fully saturated rings. The van der Waals surface area contributed by atoms with Gasteiger partial charge in [0.2, 0.25) is 0 Å². The van der Waals surface area contributed by atoms with Gasteiger partial charge >= 0.3 is 0 Å². The van der Waals surface area contributed by atoms with Crippen LogP contribution in [0.5, 0.6) is 0 Å². The van der Waals surface area contributed by atoms with Crippen LogP contribution in [0.3, 0.4) is 0 Å². The van der Waals surface area contributed by atoms with Crippen LogP contribution in [0.4, 0.5) is 0 Å². The van der Waals surface area contributed by atoms with Crippen molar-refractivity contribution in [3.8, 4) is 6.07 Å². The summed E-state index contributed by atoms with van der Waals surface area (Å²) in [6, 6.07) is 8.55. The zero-order chi connectivity index (χ0) is 9.84. The lowest BCUT2D eigenvalue weighted by Gasteiger charge is -2.07. The predicted molar refractivity (Wildman–Crippen MR) is 56.8 cm³/mol. The van der Waals surface area contributed by atoms with E-state index in [1.807, 2.05) is 6.92 Å². The largest absolute Gasteiger partial charge is 0.197 e. The summed E-state index contributed by atoms with van der Waals surface area (Å²) in [5, 5.41) is 8.71. The first-order chi connectivity index (χ1) is 6.13. The van der Waals surface area contributed by atoms with E-state index in [1.54, 1.807) is 11.8 Å². The number of aryl methyl sites for hydroxylation is 2. The van der Waals surface area contributed by atoms with Crippen LogP contribution in [0.15, 0.2) is 23.1 Å². The highest BCUT2D eigenvalue weighted by atomic mass is 32.2. The molecule has 0 saturated heterocycles. The molecule has 13 heavy (non-hydrogen) atoms. The average molecular weight is 191 g/mol. The summed E-state index contributed by atoms with van der Waals surface area (Å²) >= 11 is 1.62. The zero-order valence-corrected chi connectivity index (χ0v) is 8.98. The van der Waals surface area contributed by atoms with Gasteiger partial charge in [-0.1, -0.05) is 17.7 Å². The Balaban J connectivity index is 2.88. The molecular weight excluding hydrogens is 178 g/mol. The molecule has 0 aliphatic carbocycles. The molecule has 1 aromatic carbocycles. The minimum atomic E-state index is 0.0282. The molecule has 1 rings (SSSR count). The fourth-order valence-corrected chi connectivity index (χ4v) is 1.99. The number of benzene rings is 1. The Labute approximate surface area is 83.8 Å². The van der Waals surface area contributed by atoms with E-state index in [1.165, 1.54) is 16.0 Å². The molecule has 0 aliphatic heterocycles. The maximum atomic E-state index is 8.69. The molecule has 0 aliphatic rings. The Morgan fingerprint density at radius 3 is 2.69 bits per heavy atom. The first kappa shape index (κ1) is 10.1. The minimum Gasteiger partial charge on any atom is -0.197 e. The van der Waals surface area contributed by atoms with Gasteiger partial charge in [0, 0.05) is 4.90 Å². The summed E-state index contributed by atoms with van der Waals surface area (Å²) in [5.74, 6) is 0. The van der Waals surface area contributed by atoms with Gasteiger partial charge in [-0.05, 0) is 32.4 Å². The van der Waals surface area contributed by atoms with Gasteiger partial charge in [-0.2, -0.15) is 5.26 Å². The van der Waals surface area contributed by atoms with Crippen LogP contribution in [0.2, 0.25) is 0 Å². The summed E-state index contributed by atoms with van der Waals surface area (Å²) in [5.41, 5.74) is 2.50. The third-order valence-corrected chi connectivity index (χ3v) is 2.98. The van der Waals surface area contributed by atoms with Crippen molar-refractivity contribution in [1.29, 1.82) is 5.26 Å². The van der Waals surface area contributed by atoms with Crippen LogP contribution in [0.1, 0.15) is 18.1 Å². The van der Waals surface area contributed by atoms with Gasteiger partial charge in [0.05, 0.1) is 11.3 Å². The lowest BCUT2D eigenvalue weighted by atomic mass is 10.2. The van der Waals surface area contributed by atoms with E-state index in [4.69, 9.17) is 5.26 Å². The zero-order valence-electron chi connectivity index (χ0n) is 8.16. The van der Waals surface area contributed by atoms with E-state index in [9.17, 15) is 0 Å². The molecule has 0 amide bonds. The van der Waals surface area contributed by atoms with Crippen LogP contribution in [0.25, 0.3) is 0 Å². The molecule has 0 saturated carbocycles. The maximum Gasteiger partial charge on any atom is 0.0935 e. The smallest absolute Gasteiger partial charge is 0.0935 e. The lowest BCUT2D eigenvalue weighted by molar-refractivity contribution is 1.20. The van der Waals surface area contributed by atoms with E-state index in [0.717, 1.165) is 0 Å². The molecule has 0 spiro atoms.